The van der Waals surface area contributed by atoms with Crippen LogP contribution in [-0.2, 0) is 35.8 Å². The van der Waals surface area contributed by atoms with Gasteiger partial charge >= 0.3 is 0 Å². The third-order valence-electron chi connectivity index (χ3n) is 13.4. The summed E-state index contributed by atoms with van der Waals surface area (Å²) in [6.07, 6.45) is 0.111. The molecule has 8 amide bonds. The maximum atomic E-state index is 14.5. The Morgan fingerprint density at radius 1 is 0.606 bits per heavy atom. The van der Waals surface area contributed by atoms with E-state index in [1.54, 1.807) is 41.8 Å². The standard InChI is InChI=1S/C51H74N12O8/c1-28(2)41(58-43(64)31(5)52-10)49(70)62-26-36(24-39(62)47(68)54-29(3)33-19-15-13-16-20-33)57-46(67)38-25-37(60-61(38)12)45(66)56-35-23-40(48(69)55-30(4)34-21-17-14-18-22-34)63(27-35)50(71)42(51(7,8)9)59-44(65)32(6)53-11/h13-22,25,28-32,35-36,39-42,52-53H,23-24,26-27H2,1-12H3,(H,54,68)(H,55,69)(H,56,66)(H,57,67)(H,58,64)(H,59,65)/t29-,30-,31-,32-,35+,36+,39?,40+,41-,42+/m1/s1. The van der Waals surface area contributed by atoms with Crippen molar-refractivity contribution in [2.45, 2.75) is 136 Å². The van der Waals surface area contributed by atoms with Crippen molar-refractivity contribution in [3.63, 3.8) is 0 Å². The predicted molar refractivity (Wildman–Crippen MR) is 267 cm³/mol. The van der Waals surface area contributed by atoms with Gasteiger partial charge in [0.2, 0.25) is 35.4 Å². The molecular weight excluding hydrogens is 909 g/mol. The lowest BCUT2D eigenvalue weighted by molar-refractivity contribution is -0.144. The fourth-order valence-electron chi connectivity index (χ4n) is 8.76. The van der Waals surface area contributed by atoms with Gasteiger partial charge in [-0.2, -0.15) is 5.10 Å². The van der Waals surface area contributed by atoms with Gasteiger partial charge in [0.05, 0.1) is 24.2 Å². The van der Waals surface area contributed by atoms with Crippen molar-refractivity contribution in [1.29, 1.82) is 0 Å². The molecular formula is C51H74N12O8. The van der Waals surface area contributed by atoms with Gasteiger partial charge in [-0.15, -0.1) is 0 Å². The number of carbonyl (C=O) groups excluding carboxylic acids is 8. The van der Waals surface area contributed by atoms with Crippen LogP contribution in [0.3, 0.4) is 0 Å². The highest BCUT2D eigenvalue weighted by Crippen LogP contribution is 2.28. The fraction of sp³-hybridized carbons (Fsp3) is 0.549. The van der Waals surface area contributed by atoms with E-state index in [2.05, 4.69) is 47.6 Å². The van der Waals surface area contributed by atoms with Gasteiger partial charge in [0.15, 0.2) is 5.69 Å². The van der Waals surface area contributed by atoms with Crippen LogP contribution >= 0.6 is 0 Å². The van der Waals surface area contributed by atoms with Gasteiger partial charge in [-0.3, -0.25) is 43.0 Å². The molecule has 2 saturated heterocycles. The Balaban J connectivity index is 1.34. The largest absolute Gasteiger partial charge is 0.348 e. The Labute approximate surface area is 416 Å². The van der Waals surface area contributed by atoms with E-state index in [9.17, 15) is 38.4 Å². The Kier molecular flexibility index (Phi) is 18.7. The van der Waals surface area contributed by atoms with Crippen LogP contribution < -0.4 is 42.5 Å². The molecule has 2 aliphatic rings. The topological polar surface area (TPSA) is 257 Å². The van der Waals surface area contributed by atoms with E-state index in [0.717, 1.165) is 11.1 Å². The molecule has 3 heterocycles. The van der Waals surface area contributed by atoms with Gasteiger partial charge in [-0.05, 0) is 77.1 Å². The van der Waals surface area contributed by atoms with Gasteiger partial charge in [0.1, 0.15) is 29.9 Å². The zero-order valence-electron chi connectivity index (χ0n) is 43.1. The lowest BCUT2D eigenvalue weighted by atomic mass is 9.85. The fourth-order valence-corrected chi connectivity index (χ4v) is 8.76. The van der Waals surface area contributed by atoms with Gasteiger partial charge in [-0.25, -0.2) is 0 Å². The molecule has 0 spiro atoms. The van der Waals surface area contributed by atoms with Gasteiger partial charge < -0.3 is 52.3 Å². The van der Waals surface area contributed by atoms with Crippen LogP contribution in [-0.4, -0.2) is 142 Å². The number of likely N-dealkylation sites (tertiary alicyclic amines) is 2. The van der Waals surface area contributed by atoms with Crippen LogP contribution in [0.25, 0.3) is 0 Å². The Morgan fingerprint density at radius 2 is 1.04 bits per heavy atom. The number of aromatic nitrogens is 2. The molecule has 20 heteroatoms. The molecule has 10 atom stereocenters. The van der Waals surface area contributed by atoms with E-state index in [1.165, 1.54) is 27.6 Å². The SMILES string of the molecule is CN[C@H](C)C(=O)N[C@@H](C(=O)N1C[C@@H](NC(=O)c2cc(C(=O)N[C@H]3C[C@@H](C(=O)N[C@H](C)c4ccccc4)N(C(=O)[C@H](NC(=O)[C@@H](C)NC)C(C)(C)C)C3)nn2C)CC1C(=O)N[C@H](C)c1ccccc1)C(C)C. The van der Waals surface area contributed by atoms with Crippen molar-refractivity contribution in [1.82, 2.24) is 62.1 Å². The number of carbonyl (C=O) groups is 8. The third kappa shape index (κ3) is 13.8. The number of nitrogens with one attached hydrogen (secondary N) is 8. The first-order valence-electron chi connectivity index (χ1n) is 24.4. The minimum atomic E-state index is -1.02. The zero-order valence-corrected chi connectivity index (χ0v) is 43.1. The lowest BCUT2D eigenvalue weighted by Gasteiger charge is -2.36. The highest BCUT2D eigenvalue weighted by Gasteiger charge is 2.47. The Morgan fingerprint density at radius 3 is 1.48 bits per heavy atom. The van der Waals surface area contributed by atoms with E-state index in [-0.39, 0.29) is 49.1 Å². The van der Waals surface area contributed by atoms with Crippen LogP contribution in [0.2, 0.25) is 0 Å². The first-order valence-corrected chi connectivity index (χ1v) is 24.4. The van der Waals surface area contributed by atoms with Gasteiger partial charge in [-0.1, -0.05) is 95.3 Å². The smallest absolute Gasteiger partial charge is 0.272 e. The minimum Gasteiger partial charge on any atom is -0.348 e. The number of aryl methyl sites for hydroxylation is 1. The quantitative estimate of drug-likeness (QED) is 0.0854. The Hall–Kier alpha value is -6.67. The molecule has 2 aliphatic heterocycles. The number of likely N-dealkylation sites (N-methyl/N-ethyl adjacent to an activating group) is 2. The number of rotatable bonds is 19. The molecule has 3 aromatic rings. The van der Waals surface area contributed by atoms with E-state index in [4.69, 9.17) is 0 Å². The van der Waals surface area contributed by atoms with Crippen LogP contribution in [0.4, 0.5) is 0 Å². The molecule has 0 radical (unpaired) electrons. The van der Waals surface area contributed by atoms with E-state index in [1.807, 2.05) is 95.3 Å². The second-order valence-corrected chi connectivity index (χ2v) is 20.2. The molecule has 5 rings (SSSR count). The summed E-state index contributed by atoms with van der Waals surface area (Å²) in [6.45, 7) is 16.0. The van der Waals surface area contributed by atoms with Crippen molar-refractivity contribution < 1.29 is 38.4 Å². The molecule has 0 saturated carbocycles. The summed E-state index contributed by atoms with van der Waals surface area (Å²) in [5.74, 6) is -4.21. The third-order valence-corrected chi connectivity index (χ3v) is 13.4. The van der Waals surface area contributed by atoms with Crippen LogP contribution in [0.1, 0.15) is 119 Å². The minimum absolute atomic E-state index is 0.0157. The molecule has 1 aromatic heterocycles. The monoisotopic (exact) mass is 983 g/mol. The molecule has 386 valence electrons. The molecule has 71 heavy (non-hydrogen) atoms. The zero-order chi connectivity index (χ0) is 52.5. The average molecular weight is 983 g/mol. The summed E-state index contributed by atoms with van der Waals surface area (Å²) < 4.78 is 1.25. The molecule has 8 N–H and O–H groups in total. The van der Waals surface area contributed by atoms with Crippen molar-refractivity contribution in [2.24, 2.45) is 18.4 Å². The first-order chi connectivity index (χ1) is 33.4. The molecule has 0 aliphatic carbocycles. The number of amides is 8. The van der Waals surface area contributed by atoms with Gasteiger partial charge in [0, 0.05) is 38.3 Å². The summed E-state index contributed by atoms with van der Waals surface area (Å²) in [5, 5.41) is 27.7. The maximum absolute atomic E-state index is 14.5. The normalized spacial score (nSPS) is 20.5. The first kappa shape index (κ1) is 55.3. The summed E-state index contributed by atoms with van der Waals surface area (Å²) >= 11 is 0. The van der Waals surface area contributed by atoms with Crippen LogP contribution in [0, 0.1) is 11.3 Å². The summed E-state index contributed by atoms with van der Waals surface area (Å²) in [4.78, 5) is 114. The summed E-state index contributed by atoms with van der Waals surface area (Å²) in [7, 11) is 4.77. The molecule has 0 bridgehead atoms. The number of nitrogens with zero attached hydrogens (tertiary/aromatic N) is 4. The average Bonchev–Trinajstić information content (AvgIpc) is 4.08. The highest BCUT2D eigenvalue weighted by atomic mass is 16.2. The summed E-state index contributed by atoms with van der Waals surface area (Å²) in [6, 6.07) is 12.6. The van der Waals surface area contributed by atoms with Crippen molar-refractivity contribution in [3.8, 4) is 0 Å². The number of hydrogen-bond donors (Lipinski definition) is 8. The lowest BCUT2D eigenvalue weighted by Crippen LogP contribution is -2.59. The van der Waals surface area contributed by atoms with Crippen molar-refractivity contribution >= 4 is 47.3 Å². The van der Waals surface area contributed by atoms with E-state index in [0.29, 0.717) is 0 Å². The molecule has 2 aromatic carbocycles. The summed E-state index contributed by atoms with van der Waals surface area (Å²) in [5.41, 5.74) is 0.865. The van der Waals surface area contributed by atoms with E-state index < -0.39 is 107 Å². The van der Waals surface area contributed by atoms with Crippen molar-refractivity contribution in [2.75, 3.05) is 27.2 Å². The molecule has 2 fully saturated rings. The van der Waals surface area contributed by atoms with Gasteiger partial charge in [0.25, 0.3) is 11.8 Å². The van der Waals surface area contributed by atoms with Crippen molar-refractivity contribution in [3.05, 3.63) is 89.2 Å². The number of hydrogen-bond acceptors (Lipinski definition) is 11. The van der Waals surface area contributed by atoms with Crippen LogP contribution in [0.15, 0.2) is 66.7 Å². The second kappa shape index (κ2) is 24.0. The maximum Gasteiger partial charge on any atom is 0.272 e. The number of benzene rings is 2. The van der Waals surface area contributed by atoms with Crippen LogP contribution in [0.5, 0.6) is 0 Å². The second-order valence-electron chi connectivity index (χ2n) is 20.2. The molecule has 1 unspecified atom stereocenters. The predicted octanol–water partition coefficient (Wildman–Crippen LogP) is 1.46. The Bertz CT molecular complexity index is 2390. The van der Waals surface area contributed by atoms with E-state index >= 15 is 0 Å². The highest BCUT2D eigenvalue weighted by molar-refractivity contribution is 5.99. The molecule has 20 nitrogen and oxygen atoms in total.